The van der Waals surface area contributed by atoms with E-state index in [1.54, 1.807) is 18.3 Å². The van der Waals surface area contributed by atoms with E-state index in [2.05, 4.69) is 19.9 Å². The van der Waals surface area contributed by atoms with Crippen LogP contribution < -0.4 is 0 Å². The monoisotopic (exact) mass is 262 g/mol. The number of hydrogen-bond acceptors (Lipinski definition) is 3. The van der Waals surface area contributed by atoms with Crippen molar-refractivity contribution in [2.24, 2.45) is 0 Å². The van der Waals surface area contributed by atoms with Crippen LogP contribution in [-0.2, 0) is 0 Å². The van der Waals surface area contributed by atoms with Gasteiger partial charge in [-0.3, -0.25) is 4.79 Å². The fourth-order valence-electron chi connectivity index (χ4n) is 2.41. The summed E-state index contributed by atoms with van der Waals surface area (Å²) in [5.74, 6) is -0.144. The van der Waals surface area contributed by atoms with Gasteiger partial charge in [0.15, 0.2) is 0 Å². The summed E-state index contributed by atoms with van der Waals surface area (Å²) in [4.78, 5) is 27.0. The predicted octanol–water partition coefficient (Wildman–Crippen LogP) is 2.67. The van der Waals surface area contributed by atoms with Crippen LogP contribution in [0.3, 0.4) is 0 Å². The van der Waals surface area contributed by atoms with Crippen molar-refractivity contribution in [1.29, 1.82) is 0 Å². The van der Waals surface area contributed by atoms with Crippen molar-refractivity contribution >= 4 is 27.7 Å². The van der Waals surface area contributed by atoms with E-state index in [4.69, 9.17) is 0 Å². The molecule has 0 aliphatic heterocycles. The number of carbonyl (C=O) groups is 1. The molecule has 3 heterocycles. The molecule has 5 heteroatoms. The molecule has 2 N–H and O–H groups in total. The van der Waals surface area contributed by atoms with Crippen LogP contribution in [0.2, 0.25) is 0 Å². The van der Waals surface area contributed by atoms with Crippen LogP contribution in [0.15, 0.2) is 48.9 Å². The summed E-state index contributed by atoms with van der Waals surface area (Å²) < 4.78 is 0. The summed E-state index contributed by atoms with van der Waals surface area (Å²) in [5.41, 5.74) is 3.29. The second-order valence-corrected chi connectivity index (χ2v) is 4.53. The number of aromatic amines is 2. The minimum absolute atomic E-state index is 0.144. The zero-order chi connectivity index (χ0) is 13.5. The average Bonchev–Trinajstić information content (AvgIpc) is 3.13. The highest BCUT2D eigenvalue weighted by atomic mass is 16.1. The molecule has 5 nitrogen and oxygen atoms in total. The Morgan fingerprint density at radius 3 is 2.80 bits per heavy atom. The van der Waals surface area contributed by atoms with Gasteiger partial charge in [-0.05, 0) is 18.2 Å². The van der Waals surface area contributed by atoms with Gasteiger partial charge in [0.25, 0.3) is 0 Å². The largest absolute Gasteiger partial charge is 0.358 e. The van der Waals surface area contributed by atoms with E-state index in [-0.39, 0.29) is 5.78 Å². The quantitative estimate of drug-likeness (QED) is 0.545. The van der Waals surface area contributed by atoms with E-state index in [0.29, 0.717) is 16.9 Å². The molecule has 0 saturated carbocycles. The van der Waals surface area contributed by atoms with Crippen LogP contribution >= 0.6 is 0 Å². The maximum atomic E-state index is 12.5. The van der Waals surface area contributed by atoms with Crippen molar-refractivity contribution in [2.45, 2.75) is 0 Å². The third-order valence-corrected chi connectivity index (χ3v) is 3.35. The number of aromatic nitrogens is 4. The number of nitrogens with one attached hydrogen (secondary N) is 2. The van der Waals surface area contributed by atoms with Crippen LogP contribution in [-0.4, -0.2) is 25.7 Å². The molecule has 0 aliphatic rings. The summed E-state index contributed by atoms with van der Waals surface area (Å²) in [6.45, 7) is 0. The number of nitrogens with zero attached hydrogens (tertiary/aromatic N) is 2. The Morgan fingerprint density at radius 1 is 1.05 bits per heavy atom. The molecule has 96 valence electrons. The second kappa shape index (κ2) is 4.03. The molecule has 0 atom stereocenters. The minimum atomic E-state index is -0.144. The molecular weight excluding hydrogens is 252 g/mol. The Kier molecular flexibility index (Phi) is 2.20. The standard InChI is InChI=1S/C15H10N4O/c20-15(11-6-3-7-16-11)14-13-12(17-8-18-14)9-4-1-2-5-10(9)19-13/h1-8,16,19H. The van der Waals surface area contributed by atoms with Crippen molar-refractivity contribution in [3.63, 3.8) is 0 Å². The Morgan fingerprint density at radius 2 is 1.95 bits per heavy atom. The predicted molar refractivity (Wildman–Crippen MR) is 75.6 cm³/mol. The number of H-pyrrole nitrogens is 2. The molecular formula is C15H10N4O. The molecule has 0 amide bonds. The zero-order valence-corrected chi connectivity index (χ0v) is 10.4. The number of hydrogen-bond donors (Lipinski definition) is 2. The Hall–Kier alpha value is -2.95. The molecule has 0 unspecified atom stereocenters. The first-order chi connectivity index (χ1) is 9.84. The first kappa shape index (κ1) is 10.9. The maximum Gasteiger partial charge on any atom is 0.229 e. The van der Waals surface area contributed by atoms with E-state index < -0.39 is 0 Å². The molecule has 3 aromatic heterocycles. The van der Waals surface area contributed by atoms with Gasteiger partial charge in [0, 0.05) is 17.1 Å². The number of para-hydroxylation sites is 1. The van der Waals surface area contributed by atoms with Gasteiger partial charge < -0.3 is 9.97 Å². The molecule has 0 saturated heterocycles. The Bertz CT molecular complexity index is 922. The lowest BCUT2D eigenvalue weighted by molar-refractivity contribution is 0.103. The summed E-state index contributed by atoms with van der Waals surface area (Å²) >= 11 is 0. The number of benzene rings is 1. The highest BCUT2D eigenvalue weighted by Gasteiger charge is 2.18. The Labute approximate surface area is 113 Å². The maximum absolute atomic E-state index is 12.5. The zero-order valence-electron chi connectivity index (χ0n) is 10.4. The van der Waals surface area contributed by atoms with Crippen LogP contribution in [0.4, 0.5) is 0 Å². The molecule has 4 aromatic rings. The van der Waals surface area contributed by atoms with Crippen molar-refractivity contribution in [3.05, 3.63) is 60.3 Å². The van der Waals surface area contributed by atoms with Gasteiger partial charge in [-0.15, -0.1) is 0 Å². The van der Waals surface area contributed by atoms with E-state index in [1.807, 2.05) is 24.3 Å². The van der Waals surface area contributed by atoms with Crippen molar-refractivity contribution < 1.29 is 4.79 Å². The van der Waals surface area contributed by atoms with Crippen LogP contribution in [0, 0.1) is 0 Å². The van der Waals surface area contributed by atoms with Gasteiger partial charge in [0.2, 0.25) is 5.78 Å². The summed E-state index contributed by atoms with van der Waals surface area (Å²) in [6.07, 6.45) is 3.15. The summed E-state index contributed by atoms with van der Waals surface area (Å²) in [6, 6.07) is 11.3. The molecule has 0 spiro atoms. The van der Waals surface area contributed by atoms with E-state index in [0.717, 1.165) is 16.4 Å². The molecule has 0 radical (unpaired) electrons. The SMILES string of the molecule is O=C(c1ccc[nH]1)c1ncnc2c1[nH]c1ccccc12. The van der Waals surface area contributed by atoms with E-state index in [9.17, 15) is 4.79 Å². The molecule has 0 aliphatic carbocycles. The first-order valence-corrected chi connectivity index (χ1v) is 6.24. The summed E-state index contributed by atoms with van der Waals surface area (Å²) in [5, 5.41) is 0.991. The second-order valence-electron chi connectivity index (χ2n) is 4.53. The fourth-order valence-corrected chi connectivity index (χ4v) is 2.41. The molecule has 0 fully saturated rings. The normalized spacial score (nSPS) is 11.2. The van der Waals surface area contributed by atoms with Gasteiger partial charge in [0.1, 0.15) is 12.0 Å². The van der Waals surface area contributed by atoms with E-state index >= 15 is 0 Å². The minimum Gasteiger partial charge on any atom is -0.358 e. The van der Waals surface area contributed by atoms with Gasteiger partial charge >= 0.3 is 0 Å². The number of ketones is 1. The van der Waals surface area contributed by atoms with Gasteiger partial charge in [0.05, 0.1) is 16.7 Å². The van der Waals surface area contributed by atoms with Crippen LogP contribution in [0.25, 0.3) is 21.9 Å². The van der Waals surface area contributed by atoms with Crippen molar-refractivity contribution in [2.75, 3.05) is 0 Å². The first-order valence-electron chi connectivity index (χ1n) is 6.24. The van der Waals surface area contributed by atoms with Crippen LogP contribution in [0.1, 0.15) is 16.2 Å². The highest BCUT2D eigenvalue weighted by Crippen LogP contribution is 2.25. The molecule has 20 heavy (non-hydrogen) atoms. The number of fused-ring (bicyclic) bond motifs is 3. The van der Waals surface area contributed by atoms with Gasteiger partial charge in [-0.25, -0.2) is 9.97 Å². The molecule has 1 aromatic carbocycles. The van der Waals surface area contributed by atoms with Crippen molar-refractivity contribution in [1.82, 2.24) is 19.9 Å². The Balaban J connectivity index is 2.03. The topological polar surface area (TPSA) is 74.4 Å². The van der Waals surface area contributed by atoms with Gasteiger partial charge in [-0.2, -0.15) is 0 Å². The van der Waals surface area contributed by atoms with E-state index in [1.165, 1.54) is 6.33 Å². The number of rotatable bonds is 2. The molecule has 0 bridgehead atoms. The lowest BCUT2D eigenvalue weighted by Gasteiger charge is -1.99. The molecule has 4 rings (SSSR count). The van der Waals surface area contributed by atoms with Crippen molar-refractivity contribution in [3.8, 4) is 0 Å². The third-order valence-electron chi connectivity index (χ3n) is 3.35. The fraction of sp³-hybridized carbons (Fsp3) is 0. The average molecular weight is 262 g/mol. The third kappa shape index (κ3) is 1.46. The number of carbonyl (C=O) groups excluding carboxylic acids is 1. The lowest BCUT2D eigenvalue weighted by atomic mass is 10.1. The van der Waals surface area contributed by atoms with Gasteiger partial charge in [-0.1, -0.05) is 18.2 Å². The highest BCUT2D eigenvalue weighted by molar-refractivity contribution is 6.17. The van der Waals surface area contributed by atoms with Crippen LogP contribution in [0.5, 0.6) is 0 Å². The smallest absolute Gasteiger partial charge is 0.229 e. The summed E-state index contributed by atoms with van der Waals surface area (Å²) in [7, 11) is 0. The lowest BCUT2D eigenvalue weighted by Crippen LogP contribution is -2.05.